The molecule has 0 fully saturated rings. The van der Waals surface area contributed by atoms with E-state index in [2.05, 4.69) is 10.4 Å². The van der Waals surface area contributed by atoms with Gasteiger partial charge < -0.3 is 9.88 Å². The highest BCUT2D eigenvalue weighted by Gasteiger charge is 2.14. The zero-order valence-electron chi connectivity index (χ0n) is 14.9. The fourth-order valence-electron chi connectivity index (χ4n) is 3.63. The van der Waals surface area contributed by atoms with Crippen LogP contribution in [0, 0.1) is 0 Å². The Morgan fingerprint density at radius 3 is 2.92 bits per heavy atom. The smallest absolute Gasteiger partial charge is 0.267 e. The highest BCUT2D eigenvalue weighted by atomic mass is 16.2. The van der Waals surface area contributed by atoms with Gasteiger partial charge in [0, 0.05) is 30.2 Å². The summed E-state index contributed by atoms with van der Waals surface area (Å²) in [7, 11) is 1.97. The summed E-state index contributed by atoms with van der Waals surface area (Å²) in [4.78, 5) is 24.8. The average molecular weight is 350 g/mol. The van der Waals surface area contributed by atoms with Crippen LogP contribution in [0.5, 0.6) is 0 Å². The Bertz CT molecular complexity index is 1030. The van der Waals surface area contributed by atoms with Gasteiger partial charge >= 0.3 is 0 Å². The maximum Gasteiger partial charge on any atom is 0.267 e. The molecule has 4 rings (SSSR count). The van der Waals surface area contributed by atoms with Crippen molar-refractivity contribution in [2.24, 2.45) is 7.05 Å². The lowest BCUT2D eigenvalue weighted by atomic mass is 10.1. The minimum atomic E-state index is -0.246. The Labute approximate surface area is 151 Å². The van der Waals surface area contributed by atoms with E-state index in [0.29, 0.717) is 0 Å². The largest absolute Gasteiger partial charge is 0.350 e. The first-order valence-corrected chi connectivity index (χ1v) is 9.05. The van der Waals surface area contributed by atoms with Crippen LogP contribution in [0.1, 0.15) is 30.5 Å². The van der Waals surface area contributed by atoms with Gasteiger partial charge in [-0.15, -0.1) is 0 Å². The molecule has 1 aromatic carbocycles. The monoisotopic (exact) mass is 350 g/mol. The highest BCUT2D eigenvalue weighted by molar-refractivity contribution is 6.01. The fourth-order valence-corrected chi connectivity index (χ4v) is 3.63. The van der Waals surface area contributed by atoms with E-state index in [1.807, 2.05) is 42.1 Å². The van der Waals surface area contributed by atoms with Crippen molar-refractivity contribution < 1.29 is 4.79 Å². The van der Waals surface area contributed by atoms with Crippen LogP contribution in [0.15, 0.2) is 41.3 Å². The summed E-state index contributed by atoms with van der Waals surface area (Å²) < 4.78 is 3.29. The lowest BCUT2D eigenvalue weighted by Gasteiger charge is -2.11. The molecule has 0 radical (unpaired) electrons. The second-order valence-corrected chi connectivity index (χ2v) is 6.89. The van der Waals surface area contributed by atoms with Gasteiger partial charge in [-0.2, -0.15) is 5.10 Å². The molecule has 0 saturated heterocycles. The van der Waals surface area contributed by atoms with Crippen molar-refractivity contribution in [1.29, 1.82) is 0 Å². The molecule has 0 atom stereocenters. The molecule has 6 heteroatoms. The second kappa shape index (κ2) is 6.78. The normalized spacial score (nSPS) is 14.0. The highest BCUT2D eigenvalue weighted by Crippen LogP contribution is 2.23. The van der Waals surface area contributed by atoms with Crippen molar-refractivity contribution in [2.45, 2.75) is 38.6 Å². The molecule has 2 heterocycles. The molecule has 1 aliphatic carbocycles. The standard InChI is InChI=1S/C20H22N4O2/c1-23-11-10-15-17(8-5-9-18(15)23)21-19(25)13-24-20(26)12-14-6-3-2-4-7-16(14)22-24/h5,8-12H,2-4,6-7,13H2,1H3,(H,21,25). The maximum absolute atomic E-state index is 12.5. The van der Waals surface area contributed by atoms with Gasteiger partial charge in [0.15, 0.2) is 0 Å². The van der Waals surface area contributed by atoms with Gasteiger partial charge in [0.25, 0.3) is 5.56 Å². The number of amides is 1. The number of aromatic nitrogens is 3. The third-order valence-corrected chi connectivity index (χ3v) is 5.02. The summed E-state index contributed by atoms with van der Waals surface area (Å²) in [5.74, 6) is -0.246. The van der Waals surface area contributed by atoms with E-state index in [1.54, 1.807) is 6.07 Å². The number of nitrogens with zero attached hydrogens (tertiary/aromatic N) is 3. The lowest BCUT2D eigenvalue weighted by Crippen LogP contribution is -2.30. The number of hydrogen-bond acceptors (Lipinski definition) is 3. The van der Waals surface area contributed by atoms with E-state index in [9.17, 15) is 9.59 Å². The molecule has 0 bridgehead atoms. The third-order valence-electron chi connectivity index (χ3n) is 5.02. The number of hydrogen-bond donors (Lipinski definition) is 1. The number of rotatable bonds is 3. The molecule has 0 unspecified atom stereocenters. The summed E-state index contributed by atoms with van der Waals surface area (Å²) in [5, 5.41) is 8.35. The Kier molecular flexibility index (Phi) is 4.32. The van der Waals surface area contributed by atoms with Gasteiger partial charge in [-0.05, 0) is 49.4 Å². The fraction of sp³-hybridized carbons (Fsp3) is 0.350. The number of benzene rings is 1. The minimum Gasteiger partial charge on any atom is -0.350 e. The molecule has 0 aliphatic heterocycles. The molecule has 6 nitrogen and oxygen atoms in total. The van der Waals surface area contributed by atoms with Gasteiger partial charge in [-0.1, -0.05) is 12.5 Å². The van der Waals surface area contributed by atoms with E-state index in [1.165, 1.54) is 4.68 Å². The number of nitrogens with one attached hydrogen (secondary N) is 1. The number of anilines is 1. The Hall–Kier alpha value is -2.89. The van der Waals surface area contributed by atoms with Gasteiger partial charge in [-0.25, -0.2) is 4.68 Å². The molecule has 0 spiro atoms. The molecule has 0 saturated carbocycles. The van der Waals surface area contributed by atoms with Gasteiger partial charge in [0.2, 0.25) is 5.91 Å². The summed E-state index contributed by atoms with van der Waals surface area (Å²) in [6.07, 6.45) is 7.08. The molecule has 134 valence electrons. The summed E-state index contributed by atoms with van der Waals surface area (Å²) >= 11 is 0. The molecular formula is C20H22N4O2. The van der Waals surface area contributed by atoms with Crippen molar-refractivity contribution in [3.8, 4) is 0 Å². The Morgan fingerprint density at radius 1 is 1.19 bits per heavy atom. The van der Waals surface area contributed by atoms with Crippen molar-refractivity contribution in [2.75, 3.05) is 5.32 Å². The molecule has 1 amide bonds. The topological polar surface area (TPSA) is 68.9 Å². The zero-order valence-corrected chi connectivity index (χ0v) is 14.9. The molecule has 26 heavy (non-hydrogen) atoms. The SMILES string of the molecule is Cn1ccc2c(NC(=O)Cn3nc4c(cc3=O)CCCCC4)cccc21. The van der Waals surface area contributed by atoms with Crippen LogP contribution in [0.3, 0.4) is 0 Å². The quantitative estimate of drug-likeness (QED) is 0.738. The van der Waals surface area contributed by atoms with E-state index < -0.39 is 0 Å². The predicted octanol–water partition coefficient (Wildman–Crippen LogP) is 2.64. The van der Waals surface area contributed by atoms with E-state index >= 15 is 0 Å². The van der Waals surface area contributed by atoms with E-state index in [0.717, 1.165) is 60.0 Å². The predicted molar refractivity (Wildman–Crippen MR) is 101 cm³/mol. The number of carbonyl (C=O) groups excluding carboxylic acids is 1. The first-order chi connectivity index (χ1) is 12.6. The molecule has 3 aromatic rings. The van der Waals surface area contributed by atoms with Crippen molar-refractivity contribution in [3.63, 3.8) is 0 Å². The molecule has 1 N–H and O–H groups in total. The Balaban J connectivity index is 1.56. The van der Waals surface area contributed by atoms with Crippen LogP contribution >= 0.6 is 0 Å². The number of fused-ring (bicyclic) bond motifs is 2. The molecule has 1 aliphatic rings. The van der Waals surface area contributed by atoms with E-state index in [-0.39, 0.29) is 18.0 Å². The number of aryl methyl sites for hydroxylation is 3. The third kappa shape index (κ3) is 3.14. The maximum atomic E-state index is 12.5. The first-order valence-electron chi connectivity index (χ1n) is 9.05. The van der Waals surface area contributed by atoms with Gasteiger partial charge in [-0.3, -0.25) is 9.59 Å². The number of carbonyl (C=O) groups is 1. The van der Waals surface area contributed by atoms with Crippen LogP contribution in [-0.4, -0.2) is 20.3 Å². The minimum absolute atomic E-state index is 0.0741. The van der Waals surface area contributed by atoms with Crippen molar-refractivity contribution >= 4 is 22.5 Å². The summed E-state index contributed by atoms with van der Waals surface area (Å²) in [6, 6.07) is 9.40. The summed E-state index contributed by atoms with van der Waals surface area (Å²) in [5.41, 5.74) is 3.58. The average Bonchev–Trinajstić information content (AvgIpc) is 2.85. The van der Waals surface area contributed by atoms with E-state index in [4.69, 9.17) is 0 Å². The first kappa shape index (κ1) is 16.6. The van der Waals surface area contributed by atoms with Crippen LogP contribution < -0.4 is 10.9 Å². The lowest BCUT2D eigenvalue weighted by molar-refractivity contribution is -0.117. The van der Waals surface area contributed by atoms with Crippen molar-refractivity contribution in [3.05, 3.63) is 58.1 Å². The second-order valence-electron chi connectivity index (χ2n) is 6.89. The van der Waals surface area contributed by atoms with Crippen LogP contribution in [-0.2, 0) is 31.2 Å². The van der Waals surface area contributed by atoms with Gasteiger partial charge in [0.1, 0.15) is 6.54 Å². The molecule has 2 aromatic heterocycles. The Morgan fingerprint density at radius 2 is 2.04 bits per heavy atom. The van der Waals surface area contributed by atoms with Crippen LogP contribution in [0.25, 0.3) is 10.9 Å². The van der Waals surface area contributed by atoms with Gasteiger partial charge in [0.05, 0.1) is 11.4 Å². The van der Waals surface area contributed by atoms with Crippen LogP contribution in [0.4, 0.5) is 5.69 Å². The summed E-state index contributed by atoms with van der Waals surface area (Å²) in [6.45, 7) is -0.0741. The van der Waals surface area contributed by atoms with Crippen molar-refractivity contribution in [1.82, 2.24) is 14.3 Å². The molecular weight excluding hydrogens is 328 g/mol. The zero-order chi connectivity index (χ0) is 18.1. The van der Waals surface area contributed by atoms with Crippen LogP contribution in [0.2, 0.25) is 0 Å².